The van der Waals surface area contributed by atoms with E-state index in [0.29, 0.717) is 26.1 Å². The predicted octanol–water partition coefficient (Wildman–Crippen LogP) is 1.34. The number of nitrogens with zero attached hydrogens (tertiary/aromatic N) is 2. The van der Waals surface area contributed by atoms with E-state index in [0.717, 1.165) is 31.4 Å². The number of amides is 1. The summed E-state index contributed by atoms with van der Waals surface area (Å²) in [6.45, 7) is 2.20. The van der Waals surface area contributed by atoms with Gasteiger partial charge in [-0.05, 0) is 45.3 Å². The molecule has 1 fully saturated rings. The first-order valence-electron chi connectivity index (χ1n) is 9.32. The van der Waals surface area contributed by atoms with Crippen LogP contribution in [0.4, 0.5) is 0 Å². The fourth-order valence-electron chi connectivity index (χ4n) is 3.19. The van der Waals surface area contributed by atoms with Gasteiger partial charge in [-0.2, -0.15) is 0 Å². The van der Waals surface area contributed by atoms with Crippen LogP contribution >= 0.6 is 0 Å². The summed E-state index contributed by atoms with van der Waals surface area (Å²) in [6.07, 6.45) is 2.85. The van der Waals surface area contributed by atoms with Crippen LogP contribution in [-0.4, -0.2) is 69.6 Å². The van der Waals surface area contributed by atoms with Crippen molar-refractivity contribution in [3.63, 3.8) is 0 Å². The Morgan fingerprint density at radius 3 is 2.69 bits per heavy atom. The fourth-order valence-corrected chi connectivity index (χ4v) is 4.77. The number of carbonyl (C=O) groups excluding carboxylic acids is 1. The summed E-state index contributed by atoms with van der Waals surface area (Å²) in [5.41, 5.74) is 1.15. The first kappa shape index (κ1) is 20.9. The number of piperidine rings is 1. The Bertz CT molecular complexity index is 662. The van der Waals surface area contributed by atoms with Crippen LogP contribution in [0.25, 0.3) is 0 Å². The number of rotatable bonds is 9. The monoisotopic (exact) mass is 381 g/mol. The summed E-state index contributed by atoms with van der Waals surface area (Å²) < 4.78 is 26.8. The Morgan fingerprint density at radius 2 is 2.00 bits per heavy atom. The number of sulfonamides is 1. The van der Waals surface area contributed by atoms with Crippen LogP contribution in [-0.2, 0) is 21.2 Å². The Morgan fingerprint density at radius 1 is 1.27 bits per heavy atom. The molecule has 146 valence electrons. The highest BCUT2D eigenvalue weighted by Crippen LogP contribution is 2.20. The third-order valence-electron chi connectivity index (χ3n) is 4.72. The lowest BCUT2D eigenvalue weighted by atomic mass is 9.99. The number of nitrogens with one attached hydrogen (secondary N) is 1. The van der Waals surface area contributed by atoms with Gasteiger partial charge in [0.15, 0.2) is 0 Å². The average Bonchev–Trinajstić information content (AvgIpc) is 2.62. The molecule has 7 heteroatoms. The van der Waals surface area contributed by atoms with Gasteiger partial charge in [0.05, 0.1) is 11.7 Å². The van der Waals surface area contributed by atoms with E-state index in [9.17, 15) is 13.2 Å². The minimum Gasteiger partial charge on any atom is -0.355 e. The first-order valence-corrected chi connectivity index (χ1v) is 10.9. The van der Waals surface area contributed by atoms with Crippen LogP contribution < -0.4 is 5.32 Å². The Hall–Kier alpha value is -1.44. The number of aryl methyl sites for hydroxylation is 1. The molecule has 1 amide bonds. The molecule has 0 saturated carbocycles. The number of benzene rings is 1. The van der Waals surface area contributed by atoms with E-state index in [-0.39, 0.29) is 17.6 Å². The molecule has 0 bridgehead atoms. The van der Waals surface area contributed by atoms with Gasteiger partial charge < -0.3 is 10.2 Å². The van der Waals surface area contributed by atoms with Gasteiger partial charge in [-0.15, -0.1) is 0 Å². The summed E-state index contributed by atoms with van der Waals surface area (Å²) in [7, 11) is 0.601. The lowest BCUT2D eigenvalue weighted by molar-refractivity contribution is -0.126. The maximum atomic E-state index is 12.6. The van der Waals surface area contributed by atoms with E-state index in [1.807, 2.05) is 49.3 Å². The van der Waals surface area contributed by atoms with Gasteiger partial charge in [0, 0.05) is 26.2 Å². The zero-order chi connectivity index (χ0) is 19.0. The number of carbonyl (C=O) groups is 1. The van der Waals surface area contributed by atoms with Crippen LogP contribution in [0.1, 0.15) is 24.8 Å². The molecule has 0 radical (unpaired) electrons. The molecule has 0 unspecified atom stereocenters. The summed E-state index contributed by atoms with van der Waals surface area (Å²) in [5.74, 6) is -0.137. The van der Waals surface area contributed by atoms with Crippen molar-refractivity contribution in [2.45, 2.75) is 25.7 Å². The van der Waals surface area contributed by atoms with Gasteiger partial charge >= 0.3 is 0 Å². The number of hydrogen-bond acceptors (Lipinski definition) is 4. The molecule has 1 saturated heterocycles. The molecule has 0 aromatic heterocycles. The van der Waals surface area contributed by atoms with Crippen LogP contribution in [0.15, 0.2) is 30.3 Å². The second-order valence-electron chi connectivity index (χ2n) is 7.20. The summed E-state index contributed by atoms with van der Waals surface area (Å²) in [6, 6.07) is 9.92. The molecule has 1 aromatic rings. The molecule has 0 spiro atoms. The summed E-state index contributed by atoms with van der Waals surface area (Å²) in [5, 5.41) is 2.92. The molecule has 1 aliphatic rings. The molecule has 1 aromatic carbocycles. The first-order chi connectivity index (χ1) is 12.4. The standard InChI is InChI=1S/C19H31N3O3S/c1-21(2)14-12-20-19(23)18-11-6-13-22(16-18)26(24,25)15-7-10-17-8-4-3-5-9-17/h3-5,8-9,18H,6-7,10-16H2,1-2H3,(H,20,23)/t18-/m0/s1. The molecule has 1 N–H and O–H groups in total. The van der Waals surface area contributed by atoms with Gasteiger partial charge in [-0.3, -0.25) is 4.79 Å². The zero-order valence-electron chi connectivity index (χ0n) is 15.9. The SMILES string of the molecule is CN(C)CCNC(=O)[C@H]1CCCN(S(=O)(=O)CCCc2ccccc2)C1. The van der Waals surface area contributed by atoms with E-state index in [2.05, 4.69) is 5.32 Å². The van der Waals surface area contributed by atoms with Crippen molar-refractivity contribution < 1.29 is 13.2 Å². The molecular formula is C19H31N3O3S. The number of likely N-dealkylation sites (N-methyl/N-ethyl adjacent to an activating group) is 1. The van der Waals surface area contributed by atoms with Crippen molar-refractivity contribution in [1.82, 2.24) is 14.5 Å². The molecule has 26 heavy (non-hydrogen) atoms. The lowest BCUT2D eigenvalue weighted by Crippen LogP contribution is -2.46. The maximum absolute atomic E-state index is 12.6. The summed E-state index contributed by atoms with van der Waals surface area (Å²) in [4.78, 5) is 14.3. The highest BCUT2D eigenvalue weighted by molar-refractivity contribution is 7.89. The second kappa shape index (κ2) is 10.0. The van der Waals surface area contributed by atoms with Crippen LogP contribution in [0.3, 0.4) is 0 Å². The highest BCUT2D eigenvalue weighted by Gasteiger charge is 2.31. The minimum atomic E-state index is -3.31. The Labute approximate surface area is 157 Å². The molecule has 0 aliphatic carbocycles. The van der Waals surface area contributed by atoms with Gasteiger partial charge in [0.1, 0.15) is 0 Å². The summed E-state index contributed by atoms with van der Waals surface area (Å²) >= 11 is 0. The molecular weight excluding hydrogens is 350 g/mol. The fraction of sp³-hybridized carbons (Fsp3) is 0.632. The van der Waals surface area contributed by atoms with Crippen molar-refractivity contribution in [1.29, 1.82) is 0 Å². The van der Waals surface area contributed by atoms with Gasteiger partial charge in [-0.1, -0.05) is 30.3 Å². The van der Waals surface area contributed by atoms with Gasteiger partial charge in [0.2, 0.25) is 15.9 Å². The molecule has 1 heterocycles. The zero-order valence-corrected chi connectivity index (χ0v) is 16.7. The predicted molar refractivity (Wildman–Crippen MR) is 104 cm³/mol. The third-order valence-corrected chi connectivity index (χ3v) is 6.64. The van der Waals surface area contributed by atoms with Crippen molar-refractivity contribution in [2.24, 2.45) is 5.92 Å². The van der Waals surface area contributed by atoms with Crippen molar-refractivity contribution >= 4 is 15.9 Å². The quantitative estimate of drug-likeness (QED) is 0.701. The van der Waals surface area contributed by atoms with E-state index in [4.69, 9.17) is 0 Å². The molecule has 1 atom stereocenters. The molecule has 1 aliphatic heterocycles. The largest absolute Gasteiger partial charge is 0.355 e. The van der Waals surface area contributed by atoms with E-state index in [1.165, 1.54) is 4.31 Å². The Kier molecular flexibility index (Phi) is 8.06. The minimum absolute atomic E-state index is 0.0314. The van der Waals surface area contributed by atoms with Gasteiger partial charge in [0.25, 0.3) is 0 Å². The van der Waals surface area contributed by atoms with Crippen LogP contribution in [0, 0.1) is 5.92 Å². The molecule has 2 rings (SSSR count). The number of hydrogen-bond donors (Lipinski definition) is 1. The van der Waals surface area contributed by atoms with E-state index < -0.39 is 10.0 Å². The second-order valence-corrected chi connectivity index (χ2v) is 9.29. The maximum Gasteiger partial charge on any atom is 0.224 e. The highest BCUT2D eigenvalue weighted by atomic mass is 32.2. The Balaban J connectivity index is 1.81. The van der Waals surface area contributed by atoms with Crippen molar-refractivity contribution in [3.8, 4) is 0 Å². The van der Waals surface area contributed by atoms with E-state index in [1.54, 1.807) is 0 Å². The van der Waals surface area contributed by atoms with Gasteiger partial charge in [-0.25, -0.2) is 12.7 Å². The van der Waals surface area contributed by atoms with Crippen LogP contribution in [0.2, 0.25) is 0 Å². The van der Waals surface area contributed by atoms with E-state index >= 15 is 0 Å². The van der Waals surface area contributed by atoms with Crippen molar-refractivity contribution in [2.75, 3.05) is 46.0 Å². The average molecular weight is 382 g/mol. The lowest BCUT2D eigenvalue weighted by Gasteiger charge is -2.31. The topological polar surface area (TPSA) is 69.7 Å². The van der Waals surface area contributed by atoms with Crippen LogP contribution in [0.5, 0.6) is 0 Å². The normalized spacial score (nSPS) is 18.8. The smallest absolute Gasteiger partial charge is 0.224 e. The third kappa shape index (κ3) is 6.70. The molecule has 6 nitrogen and oxygen atoms in total. The van der Waals surface area contributed by atoms with Crippen molar-refractivity contribution in [3.05, 3.63) is 35.9 Å².